The van der Waals surface area contributed by atoms with Crippen molar-refractivity contribution in [3.05, 3.63) is 35.4 Å². The Bertz CT molecular complexity index is 752. The Morgan fingerprint density at radius 2 is 1.79 bits per heavy atom. The van der Waals surface area contributed by atoms with Crippen molar-refractivity contribution in [3.63, 3.8) is 0 Å². The van der Waals surface area contributed by atoms with Gasteiger partial charge in [0.2, 0.25) is 0 Å². The van der Waals surface area contributed by atoms with Gasteiger partial charge in [0.25, 0.3) is 11.8 Å². The number of imide groups is 1. The van der Waals surface area contributed by atoms with Crippen molar-refractivity contribution in [3.8, 4) is 0 Å². The molecule has 2 amide bonds. The van der Waals surface area contributed by atoms with Crippen LogP contribution in [-0.2, 0) is 0 Å². The number of nitrogens with one attached hydrogen (secondary N) is 2. The maximum Gasteiger partial charge on any atom is 0.261 e. The molecule has 2 heterocycles. The van der Waals surface area contributed by atoms with Crippen molar-refractivity contribution < 1.29 is 9.59 Å². The van der Waals surface area contributed by atoms with E-state index >= 15 is 0 Å². The van der Waals surface area contributed by atoms with Gasteiger partial charge in [0.05, 0.1) is 17.7 Å². The number of benzene rings is 1. The third-order valence-corrected chi connectivity index (χ3v) is 6.22. The first kappa shape index (κ1) is 19.9. The van der Waals surface area contributed by atoms with Crippen LogP contribution in [0, 0.1) is 0 Å². The molecule has 1 atom stereocenters. The Morgan fingerprint density at radius 3 is 2.45 bits per heavy atom. The van der Waals surface area contributed by atoms with E-state index < -0.39 is 0 Å². The molecule has 2 N–H and O–H groups in total. The Labute approximate surface area is 172 Å². The van der Waals surface area contributed by atoms with Crippen molar-refractivity contribution >= 4 is 17.8 Å². The summed E-state index contributed by atoms with van der Waals surface area (Å²) < 4.78 is 0. The van der Waals surface area contributed by atoms with Gasteiger partial charge < -0.3 is 10.6 Å². The molecule has 1 saturated heterocycles. The summed E-state index contributed by atoms with van der Waals surface area (Å²) in [4.78, 5) is 33.5. The maximum absolute atomic E-state index is 12.5. The fraction of sp³-hybridized carbons (Fsp3) is 0.591. The van der Waals surface area contributed by atoms with Gasteiger partial charge in [0, 0.05) is 38.3 Å². The lowest BCUT2D eigenvalue weighted by Crippen LogP contribution is -2.45. The summed E-state index contributed by atoms with van der Waals surface area (Å²) in [7, 11) is 0. The number of nitrogens with zero attached hydrogens (tertiary/aromatic N) is 3. The SMILES string of the molecule is CCNC(=NCCN1C(=O)c2ccccc2C1=O)NC1CCN(C2CCCC2)C1. The van der Waals surface area contributed by atoms with Gasteiger partial charge in [-0.2, -0.15) is 0 Å². The summed E-state index contributed by atoms with van der Waals surface area (Å²) in [5, 5.41) is 6.83. The average Bonchev–Trinajstić information content (AvgIpc) is 3.46. The molecule has 0 radical (unpaired) electrons. The molecular formula is C22H31N5O2. The van der Waals surface area contributed by atoms with Crippen molar-refractivity contribution in [2.75, 3.05) is 32.7 Å². The number of amides is 2. The van der Waals surface area contributed by atoms with Gasteiger partial charge in [-0.15, -0.1) is 0 Å². The van der Waals surface area contributed by atoms with E-state index in [1.54, 1.807) is 24.3 Å². The van der Waals surface area contributed by atoms with E-state index in [1.165, 1.54) is 30.6 Å². The van der Waals surface area contributed by atoms with E-state index in [-0.39, 0.29) is 11.8 Å². The molecular weight excluding hydrogens is 366 g/mol. The number of hydrogen-bond acceptors (Lipinski definition) is 4. The molecule has 0 bridgehead atoms. The minimum Gasteiger partial charge on any atom is -0.357 e. The number of likely N-dealkylation sites (tertiary alicyclic amines) is 1. The number of hydrogen-bond donors (Lipinski definition) is 2. The summed E-state index contributed by atoms with van der Waals surface area (Å²) >= 11 is 0. The minimum absolute atomic E-state index is 0.221. The Kier molecular flexibility index (Phi) is 6.13. The predicted octanol–water partition coefficient (Wildman–Crippen LogP) is 1.85. The number of rotatable bonds is 6. The number of fused-ring (bicyclic) bond motifs is 1. The molecule has 156 valence electrons. The van der Waals surface area contributed by atoms with Crippen LogP contribution >= 0.6 is 0 Å². The van der Waals surface area contributed by atoms with Crippen LogP contribution in [0.3, 0.4) is 0 Å². The number of aliphatic imine (C=N–C) groups is 1. The van der Waals surface area contributed by atoms with Crippen LogP contribution in [0.4, 0.5) is 0 Å². The van der Waals surface area contributed by atoms with E-state index in [2.05, 4.69) is 20.5 Å². The number of guanidine groups is 1. The number of carbonyl (C=O) groups is 2. The zero-order valence-electron chi connectivity index (χ0n) is 17.2. The normalized spacial score (nSPS) is 23.1. The summed E-state index contributed by atoms with van der Waals surface area (Å²) in [6, 6.07) is 8.15. The smallest absolute Gasteiger partial charge is 0.261 e. The van der Waals surface area contributed by atoms with Gasteiger partial charge in [-0.05, 0) is 38.3 Å². The number of carbonyl (C=O) groups excluding carboxylic acids is 2. The third-order valence-electron chi connectivity index (χ3n) is 6.22. The minimum atomic E-state index is -0.221. The van der Waals surface area contributed by atoms with Gasteiger partial charge in [0.15, 0.2) is 5.96 Å². The monoisotopic (exact) mass is 397 g/mol. The summed E-state index contributed by atoms with van der Waals surface area (Å²) in [5.41, 5.74) is 0.981. The molecule has 1 saturated carbocycles. The highest BCUT2D eigenvalue weighted by Crippen LogP contribution is 2.26. The van der Waals surface area contributed by atoms with E-state index in [9.17, 15) is 9.59 Å². The fourth-order valence-corrected chi connectivity index (χ4v) is 4.72. The zero-order chi connectivity index (χ0) is 20.2. The van der Waals surface area contributed by atoms with Crippen LogP contribution in [0.15, 0.2) is 29.3 Å². The van der Waals surface area contributed by atoms with Gasteiger partial charge in [-0.3, -0.25) is 24.4 Å². The van der Waals surface area contributed by atoms with Crippen molar-refractivity contribution in [2.45, 2.75) is 51.1 Å². The van der Waals surface area contributed by atoms with Crippen LogP contribution in [0.1, 0.15) is 59.7 Å². The Hall–Kier alpha value is -2.41. The molecule has 7 nitrogen and oxygen atoms in total. The van der Waals surface area contributed by atoms with Crippen LogP contribution in [0.25, 0.3) is 0 Å². The quantitative estimate of drug-likeness (QED) is 0.435. The molecule has 1 aromatic carbocycles. The summed E-state index contributed by atoms with van der Waals surface area (Å²) in [5.74, 6) is 0.325. The molecule has 4 rings (SSSR count). The zero-order valence-corrected chi connectivity index (χ0v) is 17.2. The standard InChI is InChI=1S/C22H31N5O2/c1-2-23-22(25-16-11-13-26(15-16)17-7-3-4-8-17)24-12-14-27-20(28)18-9-5-6-10-19(18)21(27)29/h5-6,9-10,16-17H,2-4,7-8,11-15H2,1H3,(H2,23,24,25). The van der Waals surface area contributed by atoms with Crippen LogP contribution < -0.4 is 10.6 Å². The summed E-state index contributed by atoms with van der Waals surface area (Å²) in [6.07, 6.45) is 6.52. The lowest BCUT2D eigenvalue weighted by Gasteiger charge is -2.24. The molecule has 29 heavy (non-hydrogen) atoms. The first-order chi connectivity index (χ1) is 14.2. The first-order valence-electron chi connectivity index (χ1n) is 10.9. The summed E-state index contributed by atoms with van der Waals surface area (Å²) in [6.45, 7) is 5.71. The molecule has 1 aromatic rings. The van der Waals surface area contributed by atoms with Crippen molar-refractivity contribution in [1.82, 2.24) is 20.4 Å². The molecule has 7 heteroatoms. The van der Waals surface area contributed by atoms with E-state index in [0.29, 0.717) is 30.3 Å². The second kappa shape index (κ2) is 8.95. The van der Waals surface area contributed by atoms with Crippen LogP contribution in [-0.4, -0.2) is 72.4 Å². The van der Waals surface area contributed by atoms with Gasteiger partial charge in [-0.1, -0.05) is 25.0 Å². The van der Waals surface area contributed by atoms with Crippen LogP contribution in [0.2, 0.25) is 0 Å². The van der Waals surface area contributed by atoms with E-state index in [0.717, 1.165) is 38.1 Å². The predicted molar refractivity (Wildman–Crippen MR) is 113 cm³/mol. The lowest BCUT2D eigenvalue weighted by atomic mass is 10.1. The van der Waals surface area contributed by atoms with Crippen LogP contribution in [0.5, 0.6) is 0 Å². The molecule has 0 spiro atoms. The molecule has 2 fully saturated rings. The van der Waals surface area contributed by atoms with Gasteiger partial charge in [0.1, 0.15) is 0 Å². The fourth-order valence-electron chi connectivity index (χ4n) is 4.72. The largest absolute Gasteiger partial charge is 0.357 e. The second-order valence-electron chi connectivity index (χ2n) is 8.13. The topological polar surface area (TPSA) is 77.0 Å². The van der Waals surface area contributed by atoms with E-state index in [1.807, 2.05) is 6.92 Å². The van der Waals surface area contributed by atoms with E-state index in [4.69, 9.17) is 0 Å². The maximum atomic E-state index is 12.5. The first-order valence-corrected chi connectivity index (χ1v) is 10.9. The third kappa shape index (κ3) is 4.29. The Balaban J connectivity index is 1.31. The highest BCUT2D eigenvalue weighted by atomic mass is 16.2. The Morgan fingerprint density at radius 1 is 1.10 bits per heavy atom. The second-order valence-corrected chi connectivity index (χ2v) is 8.13. The highest BCUT2D eigenvalue weighted by Gasteiger charge is 2.34. The molecule has 2 aliphatic heterocycles. The molecule has 1 aliphatic carbocycles. The van der Waals surface area contributed by atoms with Crippen molar-refractivity contribution in [1.29, 1.82) is 0 Å². The molecule has 1 unspecified atom stereocenters. The molecule has 3 aliphatic rings. The highest BCUT2D eigenvalue weighted by molar-refractivity contribution is 6.21. The van der Waals surface area contributed by atoms with Gasteiger partial charge >= 0.3 is 0 Å². The van der Waals surface area contributed by atoms with Crippen molar-refractivity contribution in [2.24, 2.45) is 4.99 Å². The lowest BCUT2D eigenvalue weighted by molar-refractivity contribution is 0.0659. The average molecular weight is 398 g/mol. The van der Waals surface area contributed by atoms with Gasteiger partial charge in [-0.25, -0.2) is 0 Å². The molecule has 0 aromatic heterocycles.